The van der Waals surface area contributed by atoms with E-state index in [1.807, 2.05) is 19.1 Å². The summed E-state index contributed by atoms with van der Waals surface area (Å²) in [5, 5.41) is 2.72. The fourth-order valence-corrected chi connectivity index (χ4v) is 2.31. The van der Waals surface area contributed by atoms with Crippen molar-refractivity contribution in [2.45, 2.75) is 20.0 Å². The van der Waals surface area contributed by atoms with Crippen molar-refractivity contribution in [1.29, 1.82) is 0 Å². The number of anilines is 1. The van der Waals surface area contributed by atoms with E-state index < -0.39 is 17.2 Å². The molecule has 0 aliphatic rings. The Morgan fingerprint density at radius 2 is 1.64 bits per heavy atom. The molecule has 3 rings (SSSR count). The molecular weight excluding hydrogens is 322 g/mol. The molecule has 0 bridgehead atoms. The molecular formula is C18H17N3O4. The molecule has 0 fully saturated rings. The predicted octanol–water partition coefficient (Wildman–Crippen LogP) is 1.93. The van der Waals surface area contributed by atoms with Crippen molar-refractivity contribution in [2.75, 3.05) is 5.32 Å². The second kappa shape index (κ2) is 6.64. The second-order valence-electron chi connectivity index (χ2n) is 5.73. The van der Waals surface area contributed by atoms with Gasteiger partial charge in [-0.05, 0) is 44.2 Å². The van der Waals surface area contributed by atoms with Crippen LogP contribution in [0.3, 0.4) is 0 Å². The number of rotatable bonds is 4. The maximum Gasteiger partial charge on any atom is 0.314 e. The van der Waals surface area contributed by atoms with Crippen molar-refractivity contribution in [3.05, 3.63) is 68.7 Å². The van der Waals surface area contributed by atoms with Gasteiger partial charge in [0.25, 0.3) is 5.91 Å². The van der Waals surface area contributed by atoms with Crippen molar-refractivity contribution in [3.8, 4) is 5.75 Å². The first kappa shape index (κ1) is 16.5. The van der Waals surface area contributed by atoms with Gasteiger partial charge < -0.3 is 20.0 Å². The zero-order valence-electron chi connectivity index (χ0n) is 13.8. The van der Waals surface area contributed by atoms with Crippen LogP contribution in [0, 0.1) is 6.92 Å². The molecule has 1 atom stereocenters. The Labute approximate surface area is 142 Å². The van der Waals surface area contributed by atoms with E-state index in [0.29, 0.717) is 22.5 Å². The maximum atomic E-state index is 12.3. The number of amides is 1. The molecule has 25 heavy (non-hydrogen) atoms. The van der Waals surface area contributed by atoms with Gasteiger partial charge in [-0.3, -0.25) is 14.4 Å². The largest absolute Gasteiger partial charge is 0.481 e. The average Bonchev–Trinajstić information content (AvgIpc) is 2.58. The van der Waals surface area contributed by atoms with Crippen molar-refractivity contribution in [2.24, 2.45) is 0 Å². The van der Waals surface area contributed by atoms with Crippen LogP contribution in [0.1, 0.15) is 12.5 Å². The van der Waals surface area contributed by atoms with Gasteiger partial charge in [0.05, 0.1) is 11.0 Å². The minimum Gasteiger partial charge on any atom is -0.481 e. The molecule has 3 N–H and O–H groups in total. The highest BCUT2D eigenvalue weighted by Crippen LogP contribution is 2.16. The summed E-state index contributed by atoms with van der Waals surface area (Å²) in [6.45, 7) is 3.62. The predicted molar refractivity (Wildman–Crippen MR) is 95.1 cm³/mol. The van der Waals surface area contributed by atoms with Crippen LogP contribution in [0.2, 0.25) is 0 Å². The maximum absolute atomic E-state index is 12.3. The molecule has 0 aliphatic carbocycles. The Morgan fingerprint density at radius 3 is 2.32 bits per heavy atom. The molecule has 0 aliphatic heterocycles. The van der Waals surface area contributed by atoms with Crippen molar-refractivity contribution < 1.29 is 9.53 Å². The monoisotopic (exact) mass is 339 g/mol. The molecule has 0 saturated carbocycles. The molecule has 1 aromatic heterocycles. The lowest BCUT2D eigenvalue weighted by molar-refractivity contribution is -0.122. The first-order chi connectivity index (χ1) is 11.9. The Bertz CT molecular complexity index is 1030. The van der Waals surface area contributed by atoms with E-state index in [2.05, 4.69) is 15.3 Å². The van der Waals surface area contributed by atoms with Gasteiger partial charge in [-0.2, -0.15) is 0 Å². The Kier molecular flexibility index (Phi) is 4.38. The quantitative estimate of drug-likeness (QED) is 0.632. The van der Waals surface area contributed by atoms with Crippen LogP contribution in [0.25, 0.3) is 11.0 Å². The van der Waals surface area contributed by atoms with Gasteiger partial charge in [0.2, 0.25) is 0 Å². The molecule has 0 saturated heterocycles. The van der Waals surface area contributed by atoms with E-state index in [1.54, 1.807) is 37.3 Å². The lowest BCUT2D eigenvalue weighted by Crippen LogP contribution is -2.30. The number of hydrogen-bond acceptors (Lipinski definition) is 4. The van der Waals surface area contributed by atoms with Gasteiger partial charge in [0, 0.05) is 5.69 Å². The molecule has 2 aromatic carbocycles. The first-order valence-corrected chi connectivity index (χ1v) is 7.73. The minimum absolute atomic E-state index is 0.327. The summed E-state index contributed by atoms with van der Waals surface area (Å²) >= 11 is 0. The van der Waals surface area contributed by atoms with E-state index in [9.17, 15) is 14.4 Å². The zero-order valence-corrected chi connectivity index (χ0v) is 13.8. The van der Waals surface area contributed by atoms with E-state index in [0.717, 1.165) is 5.56 Å². The molecule has 1 amide bonds. The number of aromatic nitrogens is 2. The van der Waals surface area contributed by atoms with Crippen LogP contribution in [0.4, 0.5) is 5.69 Å². The van der Waals surface area contributed by atoms with Gasteiger partial charge in [-0.25, -0.2) is 0 Å². The molecule has 0 spiro atoms. The third kappa shape index (κ3) is 3.77. The number of aryl methyl sites for hydroxylation is 1. The number of ether oxygens (including phenoxy) is 1. The van der Waals surface area contributed by atoms with Crippen molar-refractivity contribution >= 4 is 22.6 Å². The molecule has 1 heterocycles. The van der Waals surface area contributed by atoms with Crippen LogP contribution in [0.15, 0.2) is 52.1 Å². The number of carbonyl (C=O) groups is 1. The number of fused-ring (bicyclic) bond motifs is 1. The lowest BCUT2D eigenvalue weighted by atomic mass is 10.2. The summed E-state index contributed by atoms with van der Waals surface area (Å²) in [5.74, 6) is 0.278. The van der Waals surface area contributed by atoms with E-state index in [-0.39, 0.29) is 5.91 Å². The Hall–Kier alpha value is -3.35. The third-order valence-electron chi connectivity index (χ3n) is 3.69. The third-order valence-corrected chi connectivity index (χ3v) is 3.69. The van der Waals surface area contributed by atoms with Crippen LogP contribution in [-0.2, 0) is 4.79 Å². The standard InChI is InChI=1S/C18H17N3O4/c1-10-3-6-13(7-4-10)25-11(2)16(22)19-12-5-8-14-15(9-12)21-18(24)17(23)20-14/h3-9,11H,1-2H3,(H,19,22)(H,20,23)(H,21,24)/t11-/m0/s1. The summed E-state index contributed by atoms with van der Waals surface area (Å²) in [7, 11) is 0. The zero-order chi connectivity index (χ0) is 18.0. The number of aromatic amines is 2. The van der Waals surface area contributed by atoms with Crippen molar-refractivity contribution in [3.63, 3.8) is 0 Å². The highest BCUT2D eigenvalue weighted by atomic mass is 16.5. The summed E-state index contributed by atoms with van der Waals surface area (Å²) in [6.07, 6.45) is -0.701. The number of carbonyl (C=O) groups excluding carboxylic acids is 1. The Balaban J connectivity index is 1.74. The fraction of sp³-hybridized carbons (Fsp3) is 0.167. The van der Waals surface area contributed by atoms with E-state index in [1.165, 1.54) is 0 Å². The Morgan fingerprint density at radius 1 is 1.00 bits per heavy atom. The summed E-state index contributed by atoms with van der Waals surface area (Å²) in [4.78, 5) is 39.9. The minimum atomic E-state index is -0.743. The fourth-order valence-electron chi connectivity index (χ4n) is 2.31. The molecule has 7 nitrogen and oxygen atoms in total. The topological polar surface area (TPSA) is 104 Å². The summed E-state index contributed by atoms with van der Waals surface area (Å²) < 4.78 is 5.61. The van der Waals surface area contributed by atoms with Gasteiger partial charge >= 0.3 is 11.1 Å². The van der Waals surface area contributed by atoms with Crippen LogP contribution in [0.5, 0.6) is 5.75 Å². The molecule has 0 radical (unpaired) electrons. The average molecular weight is 339 g/mol. The molecule has 128 valence electrons. The number of hydrogen-bond donors (Lipinski definition) is 3. The van der Waals surface area contributed by atoms with Gasteiger partial charge in [0.15, 0.2) is 6.10 Å². The van der Waals surface area contributed by atoms with Crippen LogP contribution in [-0.4, -0.2) is 22.0 Å². The number of benzene rings is 2. The van der Waals surface area contributed by atoms with Crippen molar-refractivity contribution in [1.82, 2.24) is 9.97 Å². The van der Waals surface area contributed by atoms with Gasteiger partial charge in [-0.15, -0.1) is 0 Å². The molecule has 3 aromatic rings. The normalized spacial score (nSPS) is 11.9. The second-order valence-corrected chi connectivity index (χ2v) is 5.73. The smallest absolute Gasteiger partial charge is 0.314 e. The summed E-state index contributed by atoms with van der Waals surface area (Å²) in [6, 6.07) is 12.2. The lowest BCUT2D eigenvalue weighted by Gasteiger charge is -2.15. The van der Waals surface area contributed by atoms with E-state index in [4.69, 9.17) is 4.74 Å². The molecule has 7 heteroatoms. The van der Waals surface area contributed by atoms with Crippen LogP contribution < -0.4 is 21.2 Å². The number of H-pyrrole nitrogens is 2. The number of nitrogens with one attached hydrogen (secondary N) is 3. The SMILES string of the molecule is Cc1ccc(O[C@@H](C)C(=O)Nc2ccc3[nH]c(=O)c(=O)[nH]c3c2)cc1. The van der Waals surface area contributed by atoms with Crippen LogP contribution >= 0.6 is 0 Å². The summed E-state index contributed by atoms with van der Waals surface area (Å²) in [5.41, 5.74) is 1.03. The first-order valence-electron chi connectivity index (χ1n) is 7.73. The van der Waals surface area contributed by atoms with E-state index >= 15 is 0 Å². The van der Waals surface area contributed by atoms with Gasteiger partial charge in [0.1, 0.15) is 5.75 Å². The van der Waals surface area contributed by atoms with Gasteiger partial charge in [-0.1, -0.05) is 17.7 Å². The highest BCUT2D eigenvalue weighted by Gasteiger charge is 2.15. The highest BCUT2D eigenvalue weighted by molar-refractivity contribution is 5.95. The molecule has 0 unspecified atom stereocenters.